The number of hydrogen-bond acceptors (Lipinski definition) is 5. The largest absolute Gasteiger partial charge is 0.494 e. The fourth-order valence-electron chi connectivity index (χ4n) is 4.29. The summed E-state index contributed by atoms with van der Waals surface area (Å²) in [7, 11) is 2.11. The second kappa shape index (κ2) is 9.79. The molecule has 4 aromatic rings. The van der Waals surface area contributed by atoms with Crippen molar-refractivity contribution in [1.82, 2.24) is 9.88 Å². The molecule has 0 spiro atoms. The maximum Gasteiger partial charge on any atom is 0.261 e. The number of aromatic nitrogens is 1. The van der Waals surface area contributed by atoms with E-state index in [1.807, 2.05) is 18.2 Å². The lowest BCUT2D eigenvalue weighted by molar-refractivity contribution is 0.101. The molecule has 0 aliphatic carbocycles. The van der Waals surface area contributed by atoms with E-state index in [-0.39, 0.29) is 5.88 Å². The Labute approximate surface area is 206 Å². The van der Waals surface area contributed by atoms with Gasteiger partial charge in [-0.2, -0.15) is 0 Å². The third kappa shape index (κ3) is 4.78. The molecular formula is C27H25F2N5O2. The average molecular weight is 490 g/mol. The first-order chi connectivity index (χ1) is 17.4. The number of carbonyl (C=O) groups excluding carboxylic acids is 1. The number of fused-ring (bicyclic) bond motifs is 1. The first-order valence-corrected chi connectivity index (χ1v) is 11.6. The predicted octanol–water partition coefficient (Wildman–Crippen LogP) is 4.91. The molecule has 0 bridgehead atoms. The van der Waals surface area contributed by atoms with E-state index in [0.717, 1.165) is 49.7 Å². The second-order valence-corrected chi connectivity index (χ2v) is 8.77. The molecule has 1 aliphatic heterocycles. The van der Waals surface area contributed by atoms with Crippen molar-refractivity contribution >= 4 is 40.1 Å². The number of nitrogens with one attached hydrogen (secondary N) is 2. The fraction of sp³-hybridized carbons (Fsp3) is 0.185. The van der Waals surface area contributed by atoms with E-state index in [2.05, 4.69) is 38.2 Å². The van der Waals surface area contributed by atoms with Crippen molar-refractivity contribution in [2.45, 2.75) is 0 Å². The number of aromatic amines is 1. The van der Waals surface area contributed by atoms with E-state index < -0.39 is 23.1 Å². The second-order valence-electron chi connectivity index (χ2n) is 8.77. The van der Waals surface area contributed by atoms with Gasteiger partial charge in [0.05, 0.1) is 11.3 Å². The van der Waals surface area contributed by atoms with Gasteiger partial charge in [-0.15, -0.1) is 0 Å². The first-order valence-electron chi connectivity index (χ1n) is 11.6. The van der Waals surface area contributed by atoms with Crippen LogP contribution in [0.2, 0.25) is 0 Å². The zero-order chi connectivity index (χ0) is 25.2. The number of rotatable bonds is 5. The summed E-state index contributed by atoms with van der Waals surface area (Å²) in [5.41, 5.74) is 2.54. The van der Waals surface area contributed by atoms with Crippen LogP contribution in [0, 0.1) is 11.6 Å². The van der Waals surface area contributed by atoms with Crippen LogP contribution in [0.5, 0.6) is 5.88 Å². The van der Waals surface area contributed by atoms with E-state index in [4.69, 9.17) is 0 Å². The topological polar surface area (TPSA) is 84.0 Å². The molecule has 9 heteroatoms. The summed E-state index contributed by atoms with van der Waals surface area (Å²) < 4.78 is 28.0. The molecule has 2 heterocycles. The minimum atomic E-state index is -0.945. The molecule has 3 N–H and O–H groups in total. The summed E-state index contributed by atoms with van der Waals surface area (Å²) in [6.45, 7) is 3.88. The lowest BCUT2D eigenvalue weighted by atomic mass is 10.1. The lowest BCUT2D eigenvalue weighted by Gasteiger charge is -2.34. The number of piperazine rings is 1. The summed E-state index contributed by atoms with van der Waals surface area (Å²) in [6, 6.07) is 16.0. The molecule has 7 nitrogen and oxygen atoms in total. The minimum Gasteiger partial charge on any atom is -0.494 e. The number of hydrogen-bond donors (Lipinski definition) is 3. The number of H-pyrrole nitrogens is 1. The molecule has 0 unspecified atom stereocenters. The molecule has 36 heavy (non-hydrogen) atoms. The van der Waals surface area contributed by atoms with Crippen molar-refractivity contribution in [3.63, 3.8) is 0 Å². The van der Waals surface area contributed by atoms with Crippen molar-refractivity contribution in [3.8, 4) is 5.88 Å². The molecular weight excluding hydrogens is 464 g/mol. The van der Waals surface area contributed by atoms with Crippen molar-refractivity contribution < 1.29 is 18.7 Å². The Balaban J connectivity index is 1.39. The highest BCUT2D eigenvalue weighted by Crippen LogP contribution is 2.30. The molecule has 184 valence electrons. The number of carbonyl (C=O) groups is 1. The highest BCUT2D eigenvalue weighted by Gasteiger charge is 2.18. The van der Waals surface area contributed by atoms with Gasteiger partial charge in [0, 0.05) is 54.7 Å². The van der Waals surface area contributed by atoms with Gasteiger partial charge in [-0.1, -0.05) is 12.1 Å². The number of nitrogens with zero attached hydrogens (tertiary/aromatic N) is 3. The third-order valence-corrected chi connectivity index (χ3v) is 6.31. The maximum absolute atomic E-state index is 14.0. The Morgan fingerprint density at radius 1 is 1.03 bits per heavy atom. The summed E-state index contributed by atoms with van der Waals surface area (Å²) in [6.07, 6.45) is 1.55. The van der Waals surface area contributed by atoms with E-state index in [1.165, 1.54) is 6.07 Å². The SMILES string of the molecule is CN1CCN(c2cccc(N=Cc3c(O)[nH]c4ccc(NC(=O)c5c(F)cccc5F)cc34)c2)CC1. The Kier molecular flexibility index (Phi) is 6.39. The van der Waals surface area contributed by atoms with Gasteiger partial charge >= 0.3 is 0 Å². The Hall–Kier alpha value is -4.24. The van der Waals surface area contributed by atoms with Gasteiger partial charge in [-0.3, -0.25) is 9.79 Å². The number of aliphatic imine (C=N–C) groups is 1. The van der Waals surface area contributed by atoms with Gasteiger partial charge in [0.2, 0.25) is 0 Å². The molecule has 1 fully saturated rings. The number of amides is 1. The Morgan fingerprint density at radius 3 is 2.50 bits per heavy atom. The molecule has 0 radical (unpaired) electrons. The lowest BCUT2D eigenvalue weighted by Crippen LogP contribution is -2.44. The number of anilines is 2. The van der Waals surface area contributed by atoms with E-state index in [1.54, 1.807) is 24.4 Å². The maximum atomic E-state index is 14.0. The third-order valence-electron chi connectivity index (χ3n) is 6.31. The molecule has 1 amide bonds. The molecule has 5 rings (SSSR count). The standard InChI is InChI=1S/C27H25F2N5O2/c1-33-10-12-34(13-11-33)19-5-2-4-17(14-19)30-16-21-20-15-18(8-9-24(20)32-26(21)35)31-27(36)25-22(28)6-3-7-23(25)29/h2-9,14-16,32,35H,10-13H2,1H3,(H,31,36). The average Bonchev–Trinajstić information content (AvgIpc) is 3.17. The van der Waals surface area contributed by atoms with Crippen molar-refractivity contribution in [2.75, 3.05) is 43.4 Å². The van der Waals surface area contributed by atoms with E-state index in [9.17, 15) is 18.7 Å². The normalized spacial score (nSPS) is 14.6. The summed E-state index contributed by atoms with van der Waals surface area (Å²) in [5, 5.41) is 13.6. The highest BCUT2D eigenvalue weighted by molar-refractivity contribution is 6.08. The van der Waals surface area contributed by atoms with Crippen LogP contribution < -0.4 is 10.2 Å². The predicted molar refractivity (Wildman–Crippen MR) is 138 cm³/mol. The quantitative estimate of drug-likeness (QED) is 0.348. The van der Waals surface area contributed by atoms with Gasteiger partial charge in [-0.05, 0) is 55.6 Å². The van der Waals surface area contributed by atoms with E-state index in [0.29, 0.717) is 22.2 Å². The van der Waals surface area contributed by atoms with Crippen LogP contribution in [0.3, 0.4) is 0 Å². The first kappa shape index (κ1) is 23.5. The zero-order valence-electron chi connectivity index (χ0n) is 19.6. The molecule has 1 aliphatic rings. The van der Waals surface area contributed by atoms with Crippen LogP contribution in [0.25, 0.3) is 10.9 Å². The zero-order valence-corrected chi connectivity index (χ0v) is 19.6. The van der Waals surface area contributed by atoms with Gasteiger partial charge in [0.25, 0.3) is 5.91 Å². The van der Waals surface area contributed by atoms with Crippen LogP contribution in [0.4, 0.5) is 25.8 Å². The van der Waals surface area contributed by atoms with Crippen molar-refractivity contribution in [3.05, 3.63) is 83.4 Å². The summed E-state index contributed by atoms with van der Waals surface area (Å²) >= 11 is 0. The van der Waals surface area contributed by atoms with Crippen LogP contribution in [0.1, 0.15) is 15.9 Å². The molecule has 1 aromatic heterocycles. The highest BCUT2D eigenvalue weighted by atomic mass is 19.1. The Bertz CT molecular complexity index is 1440. The molecule has 1 saturated heterocycles. The molecule has 0 atom stereocenters. The summed E-state index contributed by atoms with van der Waals surface area (Å²) in [5.74, 6) is -2.87. The number of benzene rings is 3. The van der Waals surface area contributed by atoms with Gasteiger partial charge in [0.15, 0.2) is 5.88 Å². The van der Waals surface area contributed by atoms with Crippen LogP contribution >= 0.6 is 0 Å². The molecule has 0 saturated carbocycles. The van der Waals surface area contributed by atoms with Gasteiger partial charge < -0.3 is 25.2 Å². The number of halogens is 2. The van der Waals surface area contributed by atoms with Crippen molar-refractivity contribution in [2.24, 2.45) is 4.99 Å². The minimum absolute atomic E-state index is 0.0763. The molecule has 3 aromatic carbocycles. The fourth-order valence-corrected chi connectivity index (χ4v) is 4.29. The van der Waals surface area contributed by atoms with Crippen LogP contribution in [-0.4, -0.2) is 60.3 Å². The van der Waals surface area contributed by atoms with Crippen LogP contribution in [0.15, 0.2) is 65.7 Å². The van der Waals surface area contributed by atoms with Gasteiger partial charge in [0.1, 0.15) is 17.2 Å². The number of aromatic hydroxyl groups is 1. The number of likely N-dealkylation sites (N-methyl/N-ethyl adjacent to an activating group) is 1. The van der Waals surface area contributed by atoms with Crippen LogP contribution in [-0.2, 0) is 0 Å². The van der Waals surface area contributed by atoms with Gasteiger partial charge in [-0.25, -0.2) is 8.78 Å². The smallest absolute Gasteiger partial charge is 0.261 e. The monoisotopic (exact) mass is 489 g/mol. The van der Waals surface area contributed by atoms with E-state index >= 15 is 0 Å². The Morgan fingerprint density at radius 2 is 1.75 bits per heavy atom. The van der Waals surface area contributed by atoms with Crippen molar-refractivity contribution in [1.29, 1.82) is 0 Å². The summed E-state index contributed by atoms with van der Waals surface area (Å²) in [4.78, 5) is 24.5.